The Labute approximate surface area is 150 Å². The van der Waals surface area contributed by atoms with Crippen molar-refractivity contribution in [2.75, 3.05) is 6.61 Å². The summed E-state index contributed by atoms with van der Waals surface area (Å²) in [6, 6.07) is 10.5. The van der Waals surface area contributed by atoms with E-state index in [9.17, 15) is 8.42 Å². The molecule has 136 valence electrons. The van der Waals surface area contributed by atoms with Gasteiger partial charge in [-0.25, -0.2) is 13.1 Å². The summed E-state index contributed by atoms with van der Waals surface area (Å²) in [4.78, 5) is 4.38. The molecule has 1 aromatic heterocycles. The lowest BCUT2D eigenvalue weighted by Crippen LogP contribution is -2.24. The van der Waals surface area contributed by atoms with Crippen LogP contribution < -0.4 is 9.46 Å². The molecule has 6 heteroatoms. The molecule has 2 rings (SSSR count). The second-order valence-electron chi connectivity index (χ2n) is 6.20. The number of sulfonamides is 1. The fourth-order valence-electron chi connectivity index (χ4n) is 2.36. The van der Waals surface area contributed by atoms with E-state index in [1.165, 1.54) is 0 Å². The van der Waals surface area contributed by atoms with Gasteiger partial charge in [0, 0.05) is 6.20 Å². The van der Waals surface area contributed by atoms with Gasteiger partial charge in [0.2, 0.25) is 10.0 Å². The molecule has 0 aliphatic heterocycles. The van der Waals surface area contributed by atoms with Crippen LogP contribution in [0.3, 0.4) is 0 Å². The molecular formula is C19H26N2O3S. The van der Waals surface area contributed by atoms with Crippen LogP contribution in [0, 0.1) is 0 Å². The quantitative estimate of drug-likeness (QED) is 0.688. The highest BCUT2D eigenvalue weighted by Gasteiger charge is 2.18. The maximum absolute atomic E-state index is 12.6. The maximum atomic E-state index is 12.6. The summed E-state index contributed by atoms with van der Waals surface area (Å²) in [7, 11) is -3.60. The SMILES string of the molecule is CCCCOc1ccc(S(=O)(=O)NCc2ccccn2)cc1C(C)C. The summed E-state index contributed by atoms with van der Waals surface area (Å²) in [6.45, 7) is 6.96. The molecule has 0 radical (unpaired) electrons. The molecule has 2 aromatic rings. The summed E-state index contributed by atoms with van der Waals surface area (Å²) in [6.07, 6.45) is 3.67. The minimum absolute atomic E-state index is 0.162. The number of unbranched alkanes of at least 4 members (excludes halogenated alkanes) is 1. The van der Waals surface area contributed by atoms with Gasteiger partial charge in [0.05, 0.1) is 23.7 Å². The smallest absolute Gasteiger partial charge is 0.240 e. The molecule has 1 aromatic carbocycles. The van der Waals surface area contributed by atoms with Crippen molar-refractivity contribution in [3.05, 3.63) is 53.9 Å². The lowest BCUT2D eigenvalue weighted by atomic mass is 10.0. The van der Waals surface area contributed by atoms with E-state index in [-0.39, 0.29) is 17.4 Å². The van der Waals surface area contributed by atoms with Crippen LogP contribution in [0.25, 0.3) is 0 Å². The van der Waals surface area contributed by atoms with Crippen LogP contribution in [0.5, 0.6) is 5.75 Å². The number of benzene rings is 1. The van der Waals surface area contributed by atoms with Gasteiger partial charge in [-0.1, -0.05) is 33.3 Å². The standard InChI is InChI=1S/C19H26N2O3S/c1-4-5-12-24-19-10-9-17(13-18(19)15(2)3)25(22,23)21-14-16-8-6-7-11-20-16/h6-11,13,15,21H,4-5,12,14H2,1-3H3. The molecule has 0 spiro atoms. The molecule has 5 nitrogen and oxygen atoms in total. The van der Waals surface area contributed by atoms with Crippen LogP contribution in [0.1, 0.15) is 50.8 Å². The molecule has 1 heterocycles. The molecule has 1 N–H and O–H groups in total. The largest absolute Gasteiger partial charge is 0.493 e. The van der Waals surface area contributed by atoms with Crippen LogP contribution in [-0.2, 0) is 16.6 Å². The zero-order valence-electron chi connectivity index (χ0n) is 15.0. The number of nitrogens with zero attached hydrogens (tertiary/aromatic N) is 1. The Morgan fingerprint density at radius 1 is 1.20 bits per heavy atom. The first-order valence-corrected chi connectivity index (χ1v) is 10.1. The van der Waals surface area contributed by atoms with Crippen molar-refractivity contribution >= 4 is 10.0 Å². The van der Waals surface area contributed by atoms with Crippen LogP contribution >= 0.6 is 0 Å². The molecule has 0 saturated carbocycles. The molecule has 0 aliphatic carbocycles. The maximum Gasteiger partial charge on any atom is 0.240 e. The van der Waals surface area contributed by atoms with Crippen molar-refractivity contribution in [2.24, 2.45) is 0 Å². The Bertz CT molecular complexity index is 775. The number of hydrogen-bond acceptors (Lipinski definition) is 4. The molecule has 0 bridgehead atoms. The highest BCUT2D eigenvalue weighted by Crippen LogP contribution is 2.29. The first-order chi connectivity index (χ1) is 11.9. The van der Waals surface area contributed by atoms with Crippen LogP contribution in [-0.4, -0.2) is 20.0 Å². The molecule has 0 saturated heterocycles. The third-order valence-corrected chi connectivity index (χ3v) is 5.24. The van der Waals surface area contributed by atoms with Gasteiger partial charge >= 0.3 is 0 Å². The van der Waals surface area contributed by atoms with E-state index in [1.54, 1.807) is 36.5 Å². The number of hydrogen-bond donors (Lipinski definition) is 1. The van der Waals surface area contributed by atoms with Gasteiger partial charge in [0.1, 0.15) is 5.75 Å². The van der Waals surface area contributed by atoms with Gasteiger partial charge in [-0.15, -0.1) is 0 Å². The highest BCUT2D eigenvalue weighted by molar-refractivity contribution is 7.89. The summed E-state index contributed by atoms with van der Waals surface area (Å²) >= 11 is 0. The number of nitrogens with one attached hydrogen (secondary N) is 1. The lowest BCUT2D eigenvalue weighted by Gasteiger charge is -2.16. The van der Waals surface area contributed by atoms with Crippen molar-refractivity contribution in [1.29, 1.82) is 0 Å². The van der Waals surface area contributed by atoms with E-state index >= 15 is 0 Å². The molecule has 25 heavy (non-hydrogen) atoms. The Balaban J connectivity index is 2.18. The highest BCUT2D eigenvalue weighted by atomic mass is 32.2. The van der Waals surface area contributed by atoms with E-state index in [0.717, 1.165) is 24.2 Å². The zero-order chi connectivity index (χ0) is 18.3. The van der Waals surface area contributed by atoms with Gasteiger partial charge in [-0.3, -0.25) is 4.98 Å². The van der Waals surface area contributed by atoms with Gasteiger partial charge in [0.15, 0.2) is 0 Å². The van der Waals surface area contributed by atoms with E-state index < -0.39 is 10.0 Å². The summed E-state index contributed by atoms with van der Waals surface area (Å²) < 4.78 is 33.6. The predicted molar refractivity (Wildman–Crippen MR) is 99.2 cm³/mol. The average molecular weight is 362 g/mol. The second-order valence-corrected chi connectivity index (χ2v) is 7.97. The molecule has 0 aliphatic rings. The van der Waals surface area contributed by atoms with Gasteiger partial charge in [0.25, 0.3) is 0 Å². The summed E-state index contributed by atoms with van der Waals surface area (Å²) in [5.74, 6) is 0.926. The monoisotopic (exact) mass is 362 g/mol. The fraction of sp³-hybridized carbons (Fsp3) is 0.421. The third-order valence-electron chi connectivity index (χ3n) is 3.84. The average Bonchev–Trinajstić information content (AvgIpc) is 2.61. The summed E-state index contributed by atoms with van der Waals surface area (Å²) in [5, 5.41) is 0. The van der Waals surface area contributed by atoms with Crippen LogP contribution in [0.15, 0.2) is 47.5 Å². The molecule has 0 atom stereocenters. The lowest BCUT2D eigenvalue weighted by molar-refractivity contribution is 0.305. The van der Waals surface area contributed by atoms with Crippen LogP contribution in [0.4, 0.5) is 0 Å². The predicted octanol–water partition coefficient (Wildman–Crippen LogP) is 3.86. The van der Waals surface area contributed by atoms with Gasteiger partial charge < -0.3 is 4.74 Å². The normalized spacial score (nSPS) is 11.7. The Morgan fingerprint density at radius 2 is 2.00 bits per heavy atom. The topological polar surface area (TPSA) is 68.3 Å². The molecule has 0 unspecified atom stereocenters. The first kappa shape index (κ1) is 19.4. The van der Waals surface area contributed by atoms with Crippen molar-refractivity contribution in [1.82, 2.24) is 9.71 Å². The van der Waals surface area contributed by atoms with Gasteiger partial charge in [-0.05, 0) is 48.2 Å². The zero-order valence-corrected chi connectivity index (χ0v) is 15.8. The van der Waals surface area contributed by atoms with Gasteiger partial charge in [-0.2, -0.15) is 0 Å². The fourth-order valence-corrected chi connectivity index (χ4v) is 3.39. The van der Waals surface area contributed by atoms with E-state index in [4.69, 9.17) is 4.74 Å². The number of aromatic nitrogens is 1. The van der Waals surface area contributed by atoms with E-state index in [1.807, 2.05) is 19.9 Å². The number of ether oxygens (including phenoxy) is 1. The van der Waals surface area contributed by atoms with Crippen molar-refractivity contribution in [2.45, 2.75) is 51.0 Å². The Hall–Kier alpha value is -1.92. The van der Waals surface area contributed by atoms with E-state index in [0.29, 0.717) is 12.3 Å². The van der Waals surface area contributed by atoms with Crippen molar-refractivity contribution < 1.29 is 13.2 Å². The van der Waals surface area contributed by atoms with E-state index in [2.05, 4.69) is 16.6 Å². The third kappa shape index (κ3) is 5.54. The summed E-state index contributed by atoms with van der Waals surface area (Å²) in [5.41, 5.74) is 1.58. The van der Waals surface area contributed by atoms with Crippen molar-refractivity contribution in [3.63, 3.8) is 0 Å². The molecule has 0 fully saturated rings. The minimum atomic E-state index is -3.60. The van der Waals surface area contributed by atoms with Crippen LogP contribution in [0.2, 0.25) is 0 Å². The Morgan fingerprint density at radius 3 is 2.64 bits per heavy atom. The Kier molecular flexibility index (Phi) is 6.96. The first-order valence-electron chi connectivity index (χ1n) is 8.60. The number of pyridine rings is 1. The minimum Gasteiger partial charge on any atom is -0.493 e. The van der Waals surface area contributed by atoms with Crippen molar-refractivity contribution in [3.8, 4) is 5.75 Å². The second kappa shape index (κ2) is 8.97. The number of rotatable bonds is 9. The molecule has 0 amide bonds. The molecular weight excluding hydrogens is 336 g/mol.